The van der Waals surface area contributed by atoms with Crippen molar-refractivity contribution in [2.75, 3.05) is 11.6 Å². The number of halogens is 1. The van der Waals surface area contributed by atoms with E-state index in [0.29, 0.717) is 18.0 Å². The molecule has 2 aromatic carbocycles. The van der Waals surface area contributed by atoms with Crippen molar-refractivity contribution in [1.29, 1.82) is 0 Å². The summed E-state index contributed by atoms with van der Waals surface area (Å²) in [6.45, 7) is 0.564. The Labute approximate surface area is 177 Å². The van der Waals surface area contributed by atoms with Gasteiger partial charge in [0.15, 0.2) is 0 Å². The van der Waals surface area contributed by atoms with Crippen LogP contribution in [0.1, 0.15) is 11.3 Å². The van der Waals surface area contributed by atoms with E-state index in [-0.39, 0.29) is 18.3 Å². The molecule has 0 fully saturated rings. The lowest BCUT2D eigenvalue weighted by atomic mass is 10.2. The SMILES string of the molecule is CS(=O)(=O)Oc1ccc(CN(Cc2ccco2)C(=O)Nc2cccc(Br)c2)cc1. The first-order chi connectivity index (χ1) is 13.8. The number of nitrogens with zero attached hydrogens (tertiary/aromatic N) is 1. The molecule has 0 aliphatic carbocycles. The smallest absolute Gasteiger partial charge is 0.322 e. The molecule has 0 atom stereocenters. The molecule has 0 saturated heterocycles. The van der Waals surface area contributed by atoms with E-state index in [4.69, 9.17) is 8.60 Å². The molecule has 0 aliphatic rings. The lowest BCUT2D eigenvalue weighted by Gasteiger charge is -2.22. The number of hydrogen-bond acceptors (Lipinski definition) is 5. The standard InChI is InChI=1S/C20H19BrN2O5S/c1-29(25,26)28-18-9-7-15(8-10-18)13-23(14-19-6-3-11-27-19)20(24)22-17-5-2-4-16(21)12-17/h2-12H,13-14H2,1H3,(H,22,24). The quantitative estimate of drug-likeness (QED) is 0.500. The van der Waals surface area contributed by atoms with E-state index >= 15 is 0 Å². The Morgan fingerprint density at radius 1 is 1.10 bits per heavy atom. The van der Waals surface area contributed by atoms with E-state index in [1.807, 2.05) is 12.1 Å². The summed E-state index contributed by atoms with van der Waals surface area (Å²) in [4.78, 5) is 14.5. The van der Waals surface area contributed by atoms with Crippen molar-refractivity contribution in [3.8, 4) is 5.75 Å². The van der Waals surface area contributed by atoms with Crippen molar-refractivity contribution >= 4 is 37.8 Å². The maximum Gasteiger partial charge on any atom is 0.322 e. The summed E-state index contributed by atoms with van der Waals surface area (Å²) in [5.41, 5.74) is 1.47. The Balaban J connectivity index is 1.75. The molecular formula is C20H19BrN2O5S. The number of carbonyl (C=O) groups excluding carboxylic acids is 1. The molecule has 1 aromatic heterocycles. The van der Waals surface area contributed by atoms with Crippen LogP contribution in [-0.2, 0) is 23.2 Å². The summed E-state index contributed by atoms with van der Waals surface area (Å²) in [7, 11) is -3.59. The third kappa shape index (κ3) is 6.65. The zero-order valence-corrected chi connectivity index (χ0v) is 17.9. The Kier molecular flexibility index (Phi) is 6.60. The fourth-order valence-corrected chi connectivity index (χ4v) is 3.46. The highest BCUT2D eigenvalue weighted by atomic mass is 79.9. The summed E-state index contributed by atoms with van der Waals surface area (Å²) in [6, 6.07) is 17.1. The molecule has 7 nitrogen and oxygen atoms in total. The number of anilines is 1. The first-order valence-corrected chi connectivity index (χ1v) is 11.2. The van der Waals surface area contributed by atoms with Crippen LogP contribution in [0.4, 0.5) is 10.5 Å². The van der Waals surface area contributed by atoms with Gasteiger partial charge in [-0.2, -0.15) is 8.42 Å². The number of nitrogens with one attached hydrogen (secondary N) is 1. The number of amides is 2. The van der Waals surface area contributed by atoms with Gasteiger partial charge < -0.3 is 18.8 Å². The molecule has 3 aromatic rings. The maximum atomic E-state index is 12.9. The van der Waals surface area contributed by atoms with Crippen LogP contribution in [0.2, 0.25) is 0 Å². The number of rotatable bonds is 7. The second-order valence-corrected chi connectivity index (χ2v) is 8.80. The van der Waals surface area contributed by atoms with Gasteiger partial charge in [0.05, 0.1) is 19.1 Å². The average molecular weight is 479 g/mol. The third-order valence-electron chi connectivity index (χ3n) is 3.83. The van der Waals surface area contributed by atoms with Crippen LogP contribution in [-0.4, -0.2) is 25.6 Å². The Morgan fingerprint density at radius 2 is 1.86 bits per heavy atom. The fourth-order valence-electron chi connectivity index (χ4n) is 2.60. The van der Waals surface area contributed by atoms with Crippen molar-refractivity contribution in [2.45, 2.75) is 13.1 Å². The van der Waals surface area contributed by atoms with Crippen LogP contribution in [0, 0.1) is 0 Å². The van der Waals surface area contributed by atoms with Crippen LogP contribution < -0.4 is 9.50 Å². The van der Waals surface area contributed by atoms with Gasteiger partial charge in [0.2, 0.25) is 0 Å². The number of hydrogen-bond donors (Lipinski definition) is 1. The summed E-state index contributed by atoms with van der Waals surface area (Å²) >= 11 is 3.38. The summed E-state index contributed by atoms with van der Waals surface area (Å²) in [6.07, 6.45) is 2.54. The molecule has 0 radical (unpaired) electrons. The van der Waals surface area contributed by atoms with Gasteiger partial charge in [0.25, 0.3) is 0 Å². The highest BCUT2D eigenvalue weighted by Crippen LogP contribution is 2.19. The molecule has 0 spiro atoms. The van der Waals surface area contributed by atoms with E-state index in [1.165, 1.54) is 0 Å². The predicted octanol–water partition coefficient (Wildman–Crippen LogP) is 4.61. The van der Waals surface area contributed by atoms with Crippen molar-refractivity contribution < 1.29 is 21.8 Å². The Morgan fingerprint density at radius 3 is 2.48 bits per heavy atom. The second-order valence-electron chi connectivity index (χ2n) is 6.31. The minimum atomic E-state index is -3.59. The molecule has 9 heteroatoms. The molecule has 3 rings (SSSR count). The molecule has 0 unspecified atom stereocenters. The van der Waals surface area contributed by atoms with Gasteiger partial charge in [0, 0.05) is 16.7 Å². The molecule has 2 amide bonds. The van der Waals surface area contributed by atoms with Crippen LogP contribution in [0.25, 0.3) is 0 Å². The zero-order valence-electron chi connectivity index (χ0n) is 15.5. The fraction of sp³-hybridized carbons (Fsp3) is 0.150. The lowest BCUT2D eigenvalue weighted by Crippen LogP contribution is -2.34. The molecule has 0 saturated carbocycles. The van der Waals surface area contributed by atoms with Crippen molar-refractivity contribution in [1.82, 2.24) is 4.90 Å². The van der Waals surface area contributed by atoms with Gasteiger partial charge in [-0.3, -0.25) is 0 Å². The largest absolute Gasteiger partial charge is 0.467 e. The van der Waals surface area contributed by atoms with Crippen molar-refractivity contribution in [3.63, 3.8) is 0 Å². The minimum absolute atomic E-state index is 0.215. The molecule has 0 aliphatic heterocycles. The van der Waals surface area contributed by atoms with E-state index < -0.39 is 10.1 Å². The number of furan rings is 1. The van der Waals surface area contributed by atoms with E-state index in [9.17, 15) is 13.2 Å². The molecule has 29 heavy (non-hydrogen) atoms. The maximum absolute atomic E-state index is 12.9. The van der Waals surface area contributed by atoms with Gasteiger partial charge in [0.1, 0.15) is 11.5 Å². The molecule has 1 N–H and O–H groups in total. The summed E-state index contributed by atoms with van der Waals surface area (Å²) in [5.74, 6) is 0.860. The van der Waals surface area contributed by atoms with Crippen molar-refractivity contribution in [2.24, 2.45) is 0 Å². The number of urea groups is 1. The van der Waals surface area contributed by atoms with Crippen LogP contribution in [0.15, 0.2) is 75.8 Å². The monoisotopic (exact) mass is 478 g/mol. The first-order valence-electron chi connectivity index (χ1n) is 8.61. The van der Waals surface area contributed by atoms with Crippen LogP contribution in [0.5, 0.6) is 5.75 Å². The molecule has 152 valence electrons. The van der Waals surface area contributed by atoms with Gasteiger partial charge >= 0.3 is 16.1 Å². The average Bonchev–Trinajstić information content (AvgIpc) is 3.14. The van der Waals surface area contributed by atoms with Crippen LogP contribution >= 0.6 is 15.9 Å². The second kappa shape index (κ2) is 9.15. The first kappa shape index (κ1) is 20.9. The summed E-state index contributed by atoms with van der Waals surface area (Å²) < 4.78 is 33.5. The highest BCUT2D eigenvalue weighted by molar-refractivity contribution is 9.10. The zero-order chi connectivity index (χ0) is 20.9. The number of carbonyl (C=O) groups is 1. The highest BCUT2D eigenvalue weighted by Gasteiger charge is 2.17. The Hall–Kier alpha value is -2.78. The predicted molar refractivity (Wildman–Crippen MR) is 113 cm³/mol. The minimum Gasteiger partial charge on any atom is -0.467 e. The molecule has 1 heterocycles. The van der Waals surface area contributed by atoms with Crippen LogP contribution in [0.3, 0.4) is 0 Å². The van der Waals surface area contributed by atoms with Crippen molar-refractivity contribution in [3.05, 3.63) is 82.7 Å². The topological polar surface area (TPSA) is 88.9 Å². The van der Waals surface area contributed by atoms with E-state index in [0.717, 1.165) is 16.3 Å². The number of benzene rings is 2. The van der Waals surface area contributed by atoms with Gasteiger partial charge in [-0.1, -0.05) is 34.1 Å². The lowest BCUT2D eigenvalue weighted by molar-refractivity contribution is 0.201. The van der Waals surface area contributed by atoms with Gasteiger partial charge in [-0.05, 0) is 48.0 Å². The third-order valence-corrected chi connectivity index (χ3v) is 4.82. The Bertz CT molecular complexity index is 1070. The van der Waals surface area contributed by atoms with E-state index in [1.54, 1.807) is 59.7 Å². The van der Waals surface area contributed by atoms with Gasteiger partial charge in [-0.15, -0.1) is 0 Å². The van der Waals surface area contributed by atoms with Gasteiger partial charge in [-0.25, -0.2) is 4.79 Å². The summed E-state index contributed by atoms with van der Waals surface area (Å²) in [5, 5.41) is 2.87. The molecule has 0 bridgehead atoms. The normalized spacial score (nSPS) is 11.1. The van der Waals surface area contributed by atoms with E-state index in [2.05, 4.69) is 21.2 Å². The molecular weight excluding hydrogens is 460 g/mol.